The van der Waals surface area contributed by atoms with Crippen molar-refractivity contribution in [3.8, 4) is 5.75 Å². The first-order chi connectivity index (χ1) is 13.6. The van der Waals surface area contributed by atoms with Crippen molar-refractivity contribution in [2.24, 2.45) is 0 Å². The lowest BCUT2D eigenvalue weighted by atomic mass is 9.98. The average molecular weight is 371 g/mol. The van der Waals surface area contributed by atoms with Gasteiger partial charge < -0.3 is 9.52 Å². The molecule has 1 aliphatic rings. The summed E-state index contributed by atoms with van der Waals surface area (Å²) in [5, 5.41) is 10.0. The Morgan fingerprint density at radius 1 is 0.929 bits per heavy atom. The van der Waals surface area contributed by atoms with Gasteiger partial charge in [0.1, 0.15) is 11.3 Å². The van der Waals surface area contributed by atoms with Crippen LogP contribution in [-0.2, 0) is 0 Å². The molecular weight excluding hydrogens is 358 g/mol. The standard InChI is InChI=1S/C21H13N3O4/c25-13-8-6-12(7-9-13)17-16-18(26)14-4-1-2-5-15(14)28-19(16)20(27)24(17)21-22-10-3-11-23-21/h1-11,17,25H. The smallest absolute Gasteiger partial charge is 0.297 e. The molecule has 2 aromatic carbocycles. The van der Waals surface area contributed by atoms with Gasteiger partial charge in [-0.15, -0.1) is 0 Å². The van der Waals surface area contributed by atoms with E-state index in [-0.39, 0.29) is 28.5 Å². The van der Waals surface area contributed by atoms with Crippen LogP contribution in [0, 0.1) is 0 Å². The van der Waals surface area contributed by atoms with Crippen LogP contribution in [0.3, 0.4) is 0 Å². The maximum absolute atomic E-state index is 13.3. The molecule has 4 aromatic rings. The third-order valence-electron chi connectivity index (χ3n) is 4.75. The van der Waals surface area contributed by atoms with Crippen LogP contribution >= 0.6 is 0 Å². The third kappa shape index (κ3) is 2.30. The van der Waals surface area contributed by atoms with Gasteiger partial charge in [0.05, 0.1) is 17.0 Å². The minimum atomic E-state index is -0.758. The molecule has 7 nitrogen and oxygen atoms in total. The highest BCUT2D eigenvalue weighted by Crippen LogP contribution is 2.40. The fourth-order valence-corrected chi connectivity index (χ4v) is 3.51. The number of phenols is 1. The Hall–Kier alpha value is -4.00. The number of hydrogen-bond acceptors (Lipinski definition) is 6. The van der Waals surface area contributed by atoms with E-state index in [1.165, 1.54) is 29.4 Å². The number of hydrogen-bond donors (Lipinski definition) is 1. The number of carbonyl (C=O) groups is 1. The number of aromatic hydroxyl groups is 1. The van der Waals surface area contributed by atoms with Crippen LogP contribution in [0.5, 0.6) is 5.75 Å². The van der Waals surface area contributed by atoms with Gasteiger partial charge >= 0.3 is 0 Å². The van der Waals surface area contributed by atoms with Crippen LogP contribution in [0.25, 0.3) is 11.0 Å². The Labute approximate surface area is 158 Å². The molecule has 0 bridgehead atoms. The van der Waals surface area contributed by atoms with E-state index >= 15 is 0 Å². The minimum Gasteiger partial charge on any atom is -0.508 e. The van der Waals surface area contributed by atoms with Gasteiger partial charge in [-0.1, -0.05) is 24.3 Å². The normalized spacial score (nSPS) is 15.8. The largest absolute Gasteiger partial charge is 0.508 e. The monoisotopic (exact) mass is 371 g/mol. The molecular formula is C21H13N3O4. The second kappa shape index (κ2) is 6.02. The summed E-state index contributed by atoms with van der Waals surface area (Å²) < 4.78 is 5.83. The molecule has 1 aliphatic heterocycles. The van der Waals surface area contributed by atoms with Gasteiger partial charge in [0, 0.05) is 12.4 Å². The lowest BCUT2D eigenvalue weighted by molar-refractivity contribution is 0.0969. The minimum absolute atomic E-state index is 0.0192. The zero-order valence-corrected chi connectivity index (χ0v) is 14.4. The fraction of sp³-hybridized carbons (Fsp3) is 0.0476. The molecule has 0 saturated carbocycles. The second-order valence-electron chi connectivity index (χ2n) is 6.39. The summed E-state index contributed by atoms with van der Waals surface area (Å²) >= 11 is 0. The SMILES string of the molecule is O=C1c2oc3ccccc3c(=O)c2C(c2ccc(O)cc2)N1c1ncccn1. The molecule has 28 heavy (non-hydrogen) atoms. The van der Waals surface area contributed by atoms with E-state index in [1.54, 1.807) is 42.5 Å². The summed E-state index contributed by atoms with van der Waals surface area (Å²) in [5.41, 5.74) is 0.948. The number of rotatable bonds is 2. The van der Waals surface area contributed by atoms with Crippen LogP contribution < -0.4 is 10.3 Å². The van der Waals surface area contributed by atoms with Crippen molar-refractivity contribution in [3.05, 3.63) is 94.1 Å². The van der Waals surface area contributed by atoms with Crippen molar-refractivity contribution < 1.29 is 14.3 Å². The Balaban J connectivity index is 1.83. The van der Waals surface area contributed by atoms with Gasteiger partial charge in [-0.25, -0.2) is 9.97 Å². The van der Waals surface area contributed by atoms with Gasteiger partial charge in [-0.2, -0.15) is 0 Å². The van der Waals surface area contributed by atoms with Crippen LogP contribution in [0.4, 0.5) is 5.95 Å². The molecule has 1 unspecified atom stereocenters. The molecule has 1 amide bonds. The number of anilines is 1. The van der Waals surface area contributed by atoms with Crippen LogP contribution in [0.15, 0.2) is 76.2 Å². The maximum atomic E-state index is 13.3. The molecule has 5 rings (SSSR count). The zero-order chi connectivity index (χ0) is 19.3. The lowest BCUT2D eigenvalue weighted by Crippen LogP contribution is -2.31. The number of para-hydroxylation sites is 1. The van der Waals surface area contributed by atoms with Crippen LogP contribution in [0.1, 0.15) is 27.7 Å². The van der Waals surface area contributed by atoms with Gasteiger partial charge in [0.25, 0.3) is 5.91 Å². The topological polar surface area (TPSA) is 96.5 Å². The molecule has 2 aromatic heterocycles. The fourth-order valence-electron chi connectivity index (χ4n) is 3.51. The van der Waals surface area contributed by atoms with Gasteiger partial charge in [-0.3, -0.25) is 14.5 Å². The third-order valence-corrected chi connectivity index (χ3v) is 4.75. The molecule has 1 atom stereocenters. The quantitative estimate of drug-likeness (QED) is 0.582. The summed E-state index contributed by atoms with van der Waals surface area (Å²) in [6.45, 7) is 0. The molecule has 7 heteroatoms. The molecule has 0 spiro atoms. The number of nitrogens with zero attached hydrogens (tertiary/aromatic N) is 3. The van der Waals surface area contributed by atoms with E-state index in [2.05, 4.69) is 9.97 Å². The van der Waals surface area contributed by atoms with Crippen molar-refractivity contribution in [2.45, 2.75) is 6.04 Å². The highest BCUT2D eigenvalue weighted by atomic mass is 16.3. The van der Waals surface area contributed by atoms with E-state index < -0.39 is 11.9 Å². The molecule has 0 fully saturated rings. The first kappa shape index (κ1) is 16.2. The highest BCUT2D eigenvalue weighted by Gasteiger charge is 2.44. The highest BCUT2D eigenvalue weighted by molar-refractivity contribution is 6.09. The second-order valence-corrected chi connectivity index (χ2v) is 6.39. The molecule has 136 valence electrons. The Morgan fingerprint density at radius 2 is 1.64 bits per heavy atom. The first-order valence-electron chi connectivity index (χ1n) is 8.60. The Bertz CT molecular complexity index is 1270. The predicted molar refractivity (Wildman–Crippen MR) is 101 cm³/mol. The van der Waals surface area contributed by atoms with Gasteiger partial charge in [-0.05, 0) is 35.9 Å². The lowest BCUT2D eigenvalue weighted by Gasteiger charge is -2.22. The van der Waals surface area contributed by atoms with Crippen LogP contribution in [0.2, 0.25) is 0 Å². The van der Waals surface area contributed by atoms with Crippen molar-refractivity contribution in [2.75, 3.05) is 4.90 Å². The van der Waals surface area contributed by atoms with Crippen LogP contribution in [-0.4, -0.2) is 21.0 Å². The summed E-state index contributed by atoms with van der Waals surface area (Å²) in [6.07, 6.45) is 3.05. The number of fused-ring (bicyclic) bond motifs is 2. The van der Waals surface area contributed by atoms with E-state index in [9.17, 15) is 14.7 Å². The maximum Gasteiger partial charge on any atom is 0.297 e. The molecule has 1 N–H and O–H groups in total. The van der Waals surface area contributed by atoms with Crippen molar-refractivity contribution in [3.63, 3.8) is 0 Å². The predicted octanol–water partition coefficient (Wildman–Crippen LogP) is 3.04. The Morgan fingerprint density at radius 3 is 2.39 bits per heavy atom. The number of aromatic nitrogens is 2. The summed E-state index contributed by atoms with van der Waals surface area (Å²) in [7, 11) is 0. The van der Waals surface area contributed by atoms with E-state index in [0.717, 1.165) is 0 Å². The summed E-state index contributed by atoms with van der Waals surface area (Å²) in [4.78, 5) is 36.2. The molecule has 0 saturated heterocycles. The molecule has 0 radical (unpaired) electrons. The number of phenolic OH excluding ortho intramolecular Hbond substituents is 1. The first-order valence-corrected chi connectivity index (χ1v) is 8.60. The summed E-state index contributed by atoms with van der Waals surface area (Å²) in [6, 6.07) is 14.0. The number of benzene rings is 2. The number of carbonyl (C=O) groups excluding carboxylic acids is 1. The number of amides is 1. The van der Waals surface area contributed by atoms with Crippen molar-refractivity contribution in [1.29, 1.82) is 0 Å². The van der Waals surface area contributed by atoms with E-state index in [4.69, 9.17) is 4.42 Å². The van der Waals surface area contributed by atoms with E-state index in [0.29, 0.717) is 16.5 Å². The summed E-state index contributed by atoms with van der Waals surface area (Å²) in [5.74, 6) is -0.252. The van der Waals surface area contributed by atoms with Crippen molar-refractivity contribution in [1.82, 2.24) is 9.97 Å². The van der Waals surface area contributed by atoms with Gasteiger partial charge in [0.15, 0.2) is 5.43 Å². The molecule has 3 heterocycles. The Kier molecular flexibility index (Phi) is 3.48. The zero-order valence-electron chi connectivity index (χ0n) is 14.4. The van der Waals surface area contributed by atoms with Gasteiger partial charge in [0.2, 0.25) is 11.7 Å². The molecule has 0 aliphatic carbocycles. The average Bonchev–Trinajstić information content (AvgIpc) is 3.02. The van der Waals surface area contributed by atoms with E-state index in [1.807, 2.05) is 0 Å². The van der Waals surface area contributed by atoms with Crippen molar-refractivity contribution >= 4 is 22.8 Å².